The van der Waals surface area contributed by atoms with Crippen LogP contribution in [0, 0.1) is 6.92 Å². The molecule has 3 rings (SSSR count). The number of likely N-dealkylation sites (N-methyl/N-ethyl adjacent to an activating group) is 1. The van der Waals surface area contributed by atoms with Crippen LogP contribution in [0.1, 0.15) is 23.0 Å². The highest BCUT2D eigenvalue weighted by Gasteiger charge is 2.22. The van der Waals surface area contributed by atoms with Crippen LogP contribution in [0.25, 0.3) is 0 Å². The maximum atomic E-state index is 12.6. The van der Waals surface area contributed by atoms with Gasteiger partial charge in [-0.05, 0) is 31.2 Å². The van der Waals surface area contributed by atoms with Gasteiger partial charge in [0.2, 0.25) is 0 Å². The van der Waals surface area contributed by atoms with Crippen molar-refractivity contribution in [2.75, 3.05) is 45.2 Å². The number of benzene rings is 1. The van der Waals surface area contributed by atoms with Gasteiger partial charge < -0.3 is 19.9 Å². The lowest BCUT2D eigenvalue weighted by Crippen LogP contribution is -2.48. The fourth-order valence-electron chi connectivity index (χ4n) is 2.99. The van der Waals surface area contributed by atoms with Gasteiger partial charge in [0, 0.05) is 26.2 Å². The van der Waals surface area contributed by atoms with Crippen molar-refractivity contribution in [3.05, 3.63) is 41.9 Å². The van der Waals surface area contributed by atoms with Gasteiger partial charge in [-0.2, -0.15) is 0 Å². The van der Waals surface area contributed by atoms with Gasteiger partial charge in [0.05, 0.1) is 25.2 Å². The smallest absolute Gasteiger partial charge is 0.274 e. The molecule has 138 valence electrons. The molecular formula is C19H25N5O2. The molecule has 1 amide bonds. The number of hydrogen-bond acceptors (Lipinski definition) is 6. The van der Waals surface area contributed by atoms with Gasteiger partial charge in [-0.3, -0.25) is 4.79 Å². The molecular weight excluding hydrogens is 330 g/mol. The standard InChI is InChI=1S/C19H25N5O2/c1-4-23-7-9-24(10-8-23)19(25)16-12-21-18(13-20-16)22-15-11-14(2)5-6-17(15)26-3/h5-6,11-13H,4,7-10H2,1-3H3,(H,21,22). The molecule has 0 atom stereocenters. The second-order valence-corrected chi connectivity index (χ2v) is 6.34. The lowest BCUT2D eigenvalue weighted by molar-refractivity contribution is 0.0637. The molecule has 2 heterocycles. The van der Waals surface area contributed by atoms with Crippen LogP contribution >= 0.6 is 0 Å². The van der Waals surface area contributed by atoms with E-state index in [1.807, 2.05) is 30.0 Å². The number of anilines is 2. The number of hydrogen-bond donors (Lipinski definition) is 1. The van der Waals surface area contributed by atoms with Gasteiger partial charge >= 0.3 is 0 Å². The first kappa shape index (κ1) is 18.1. The third kappa shape index (κ3) is 4.11. The normalized spacial score (nSPS) is 15.0. The number of aryl methyl sites for hydroxylation is 1. The summed E-state index contributed by atoms with van der Waals surface area (Å²) in [5.41, 5.74) is 2.30. The van der Waals surface area contributed by atoms with Crippen LogP contribution in [-0.4, -0.2) is 65.5 Å². The van der Waals surface area contributed by atoms with Crippen molar-refractivity contribution in [3.8, 4) is 5.75 Å². The Labute approximate surface area is 154 Å². The Balaban J connectivity index is 1.67. The number of piperazine rings is 1. The van der Waals surface area contributed by atoms with E-state index in [1.54, 1.807) is 13.3 Å². The number of amides is 1. The minimum atomic E-state index is -0.0621. The summed E-state index contributed by atoms with van der Waals surface area (Å²) >= 11 is 0. The number of rotatable bonds is 5. The topological polar surface area (TPSA) is 70.6 Å². The summed E-state index contributed by atoms with van der Waals surface area (Å²) < 4.78 is 5.36. The number of carbonyl (C=O) groups is 1. The molecule has 2 aromatic rings. The van der Waals surface area contributed by atoms with Crippen LogP contribution in [0.4, 0.5) is 11.5 Å². The van der Waals surface area contributed by atoms with Gasteiger partial charge in [-0.1, -0.05) is 13.0 Å². The first-order valence-electron chi connectivity index (χ1n) is 8.86. The monoisotopic (exact) mass is 355 g/mol. The van der Waals surface area contributed by atoms with Crippen molar-refractivity contribution >= 4 is 17.4 Å². The molecule has 7 nitrogen and oxygen atoms in total. The molecule has 7 heteroatoms. The Hall–Kier alpha value is -2.67. The van der Waals surface area contributed by atoms with Gasteiger partial charge in [0.25, 0.3) is 5.91 Å². The predicted octanol–water partition coefficient (Wildman–Crippen LogP) is 2.31. The molecule has 0 unspecified atom stereocenters. The highest BCUT2D eigenvalue weighted by atomic mass is 16.5. The van der Waals surface area contributed by atoms with Crippen LogP contribution in [-0.2, 0) is 0 Å². The zero-order chi connectivity index (χ0) is 18.5. The van der Waals surface area contributed by atoms with Crippen molar-refractivity contribution in [3.63, 3.8) is 0 Å². The lowest BCUT2D eigenvalue weighted by atomic mass is 10.2. The van der Waals surface area contributed by atoms with Gasteiger partial charge in [0.15, 0.2) is 0 Å². The number of nitrogens with zero attached hydrogens (tertiary/aromatic N) is 4. The third-order valence-electron chi connectivity index (χ3n) is 4.60. The quantitative estimate of drug-likeness (QED) is 0.888. The van der Waals surface area contributed by atoms with Crippen molar-refractivity contribution in [2.45, 2.75) is 13.8 Å². The van der Waals surface area contributed by atoms with Crippen molar-refractivity contribution in [1.82, 2.24) is 19.8 Å². The Bertz CT molecular complexity index is 755. The molecule has 26 heavy (non-hydrogen) atoms. The van der Waals surface area contributed by atoms with Crippen molar-refractivity contribution < 1.29 is 9.53 Å². The summed E-state index contributed by atoms with van der Waals surface area (Å²) in [6, 6.07) is 5.86. The molecule has 1 aliphatic rings. The van der Waals surface area contributed by atoms with Crippen LogP contribution in [0.15, 0.2) is 30.6 Å². The molecule has 1 aliphatic heterocycles. The summed E-state index contributed by atoms with van der Waals surface area (Å²) in [7, 11) is 1.63. The predicted molar refractivity (Wildman–Crippen MR) is 101 cm³/mol. The molecule has 0 spiro atoms. The number of carbonyl (C=O) groups excluding carboxylic acids is 1. The Morgan fingerprint density at radius 3 is 2.58 bits per heavy atom. The molecule has 1 aromatic heterocycles. The minimum absolute atomic E-state index is 0.0621. The van der Waals surface area contributed by atoms with Crippen LogP contribution in [0.2, 0.25) is 0 Å². The highest BCUT2D eigenvalue weighted by Crippen LogP contribution is 2.27. The summed E-state index contributed by atoms with van der Waals surface area (Å²) in [6.07, 6.45) is 3.11. The van der Waals surface area contributed by atoms with E-state index in [1.165, 1.54) is 6.20 Å². The van der Waals surface area contributed by atoms with E-state index in [0.29, 0.717) is 11.5 Å². The van der Waals surface area contributed by atoms with E-state index in [4.69, 9.17) is 4.74 Å². The van der Waals surface area contributed by atoms with Crippen LogP contribution in [0.3, 0.4) is 0 Å². The average Bonchev–Trinajstić information content (AvgIpc) is 2.68. The molecule has 0 saturated carbocycles. The Morgan fingerprint density at radius 2 is 1.96 bits per heavy atom. The second kappa shape index (κ2) is 8.14. The van der Waals surface area contributed by atoms with E-state index in [-0.39, 0.29) is 5.91 Å². The SMILES string of the molecule is CCN1CCN(C(=O)c2cnc(Nc3cc(C)ccc3OC)cn2)CC1. The molecule has 0 aliphatic carbocycles. The fourth-order valence-corrected chi connectivity index (χ4v) is 2.99. The molecule has 1 N–H and O–H groups in total. The zero-order valence-electron chi connectivity index (χ0n) is 15.5. The van der Waals surface area contributed by atoms with Crippen molar-refractivity contribution in [2.24, 2.45) is 0 Å². The van der Waals surface area contributed by atoms with Gasteiger partial charge in [0.1, 0.15) is 17.3 Å². The highest BCUT2D eigenvalue weighted by molar-refractivity contribution is 5.92. The van der Waals surface area contributed by atoms with Crippen molar-refractivity contribution in [1.29, 1.82) is 0 Å². The first-order valence-corrected chi connectivity index (χ1v) is 8.86. The summed E-state index contributed by atoms with van der Waals surface area (Å²) in [4.78, 5) is 25.4. The molecule has 0 bridgehead atoms. The Kier molecular flexibility index (Phi) is 5.68. The van der Waals surface area contributed by atoms with E-state index in [9.17, 15) is 4.79 Å². The molecule has 1 saturated heterocycles. The van der Waals surface area contributed by atoms with E-state index in [0.717, 1.165) is 49.7 Å². The maximum Gasteiger partial charge on any atom is 0.274 e. The zero-order valence-corrected chi connectivity index (χ0v) is 15.5. The van der Waals surface area contributed by atoms with Crippen LogP contribution in [0.5, 0.6) is 5.75 Å². The average molecular weight is 355 g/mol. The molecule has 1 aromatic carbocycles. The summed E-state index contributed by atoms with van der Waals surface area (Å²) in [6.45, 7) is 8.44. The minimum Gasteiger partial charge on any atom is -0.495 e. The largest absolute Gasteiger partial charge is 0.495 e. The van der Waals surface area contributed by atoms with E-state index >= 15 is 0 Å². The second-order valence-electron chi connectivity index (χ2n) is 6.34. The lowest BCUT2D eigenvalue weighted by Gasteiger charge is -2.33. The van der Waals surface area contributed by atoms with Gasteiger partial charge in [-0.15, -0.1) is 0 Å². The maximum absolute atomic E-state index is 12.6. The summed E-state index contributed by atoms with van der Waals surface area (Å²) in [5, 5.41) is 3.19. The number of ether oxygens (including phenoxy) is 1. The van der Waals surface area contributed by atoms with Crippen LogP contribution < -0.4 is 10.1 Å². The summed E-state index contributed by atoms with van der Waals surface area (Å²) in [5.74, 6) is 1.24. The van der Waals surface area contributed by atoms with Gasteiger partial charge in [-0.25, -0.2) is 9.97 Å². The number of methoxy groups -OCH3 is 1. The number of nitrogens with one attached hydrogen (secondary N) is 1. The molecule has 0 radical (unpaired) electrons. The molecule has 1 fully saturated rings. The fraction of sp³-hybridized carbons (Fsp3) is 0.421. The van der Waals surface area contributed by atoms with E-state index < -0.39 is 0 Å². The third-order valence-corrected chi connectivity index (χ3v) is 4.60. The Morgan fingerprint density at radius 1 is 1.19 bits per heavy atom. The first-order chi connectivity index (χ1) is 12.6. The number of aromatic nitrogens is 2. The van der Waals surface area contributed by atoms with E-state index in [2.05, 4.69) is 27.1 Å².